The first-order valence-electron chi connectivity index (χ1n) is 10.6. The number of nitrogens with zero attached hydrogens (tertiary/aromatic N) is 2. The number of rotatable bonds is 10. The SMILES string of the molecule is COc1ccccc1N(C(=O)c1snc(C(N)=O)c1N)[C@H](C(=O)NCCC(C)C)c1ccco1. The number of hydrogen-bond donors (Lipinski definition) is 3. The van der Waals surface area contributed by atoms with Gasteiger partial charge < -0.3 is 25.9 Å². The molecular weight excluding hydrogens is 458 g/mol. The van der Waals surface area contributed by atoms with E-state index in [0.717, 1.165) is 18.0 Å². The third-order valence-corrected chi connectivity index (χ3v) is 5.91. The normalized spacial score (nSPS) is 11.8. The van der Waals surface area contributed by atoms with Crippen molar-refractivity contribution in [3.63, 3.8) is 0 Å². The van der Waals surface area contributed by atoms with Crippen molar-refractivity contribution in [1.29, 1.82) is 0 Å². The van der Waals surface area contributed by atoms with Crippen LogP contribution in [0.15, 0.2) is 47.1 Å². The number of carbonyl (C=O) groups is 3. The highest BCUT2D eigenvalue weighted by Gasteiger charge is 2.38. The van der Waals surface area contributed by atoms with Crippen LogP contribution in [-0.4, -0.2) is 35.7 Å². The zero-order valence-electron chi connectivity index (χ0n) is 19.1. The van der Waals surface area contributed by atoms with E-state index in [4.69, 9.17) is 20.6 Å². The number of anilines is 2. The predicted molar refractivity (Wildman–Crippen MR) is 129 cm³/mol. The summed E-state index contributed by atoms with van der Waals surface area (Å²) in [4.78, 5) is 40.2. The number of para-hydroxylation sites is 2. The van der Waals surface area contributed by atoms with E-state index < -0.39 is 23.8 Å². The Morgan fingerprint density at radius 3 is 2.53 bits per heavy atom. The minimum absolute atomic E-state index is 0.0359. The first kappa shape index (κ1) is 24.8. The Morgan fingerprint density at radius 2 is 1.94 bits per heavy atom. The van der Waals surface area contributed by atoms with Crippen molar-refractivity contribution in [2.45, 2.75) is 26.3 Å². The molecule has 1 aromatic carbocycles. The van der Waals surface area contributed by atoms with Crippen LogP contribution in [0.3, 0.4) is 0 Å². The summed E-state index contributed by atoms with van der Waals surface area (Å²) < 4.78 is 15.0. The molecule has 0 saturated carbocycles. The Labute approximate surface area is 201 Å². The van der Waals surface area contributed by atoms with Gasteiger partial charge in [-0.15, -0.1) is 0 Å². The highest BCUT2D eigenvalue weighted by atomic mass is 32.1. The van der Waals surface area contributed by atoms with E-state index in [2.05, 4.69) is 9.69 Å². The van der Waals surface area contributed by atoms with E-state index in [-0.39, 0.29) is 22.0 Å². The van der Waals surface area contributed by atoms with Crippen LogP contribution in [0.4, 0.5) is 11.4 Å². The maximum absolute atomic E-state index is 13.9. The summed E-state index contributed by atoms with van der Waals surface area (Å²) >= 11 is 0.727. The summed E-state index contributed by atoms with van der Waals surface area (Å²) in [5.41, 5.74) is 11.3. The molecule has 1 atom stereocenters. The average molecular weight is 486 g/mol. The molecule has 0 saturated heterocycles. The summed E-state index contributed by atoms with van der Waals surface area (Å²) in [5.74, 6) is -1.01. The molecule has 34 heavy (non-hydrogen) atoms. The van der Waals surface area contributed by atoms with Gasteiger partial charge in [0.05, 0.1) is 24.7 Å². The van der Waals surface area contributed by atoms with Gasteiger partial charge >= 0.3 is 0 Å². The molecule has 11 heteroatoms. The van der Waals surface area contributed by atoms with Gasteiger partial charge in [0.15, 0.2) is 11.7 Å². The second-order valence-corrected chi connectivity index (χ2v) is 8.65. The van der Waals surface area contributed by atoms with Crippen LogP contribution < -0.4 is 26.4 Å². The number of nitrogens with two attached hydrogens (primary N) is 2. The average Bonchev–Trinajstić information content (AvgIpc) is 3.46. The lowest BCUT2D eigenvalue weighted by Crippen LogP contribution is -2.44. The number of aromatic nitrogens is 1. The Morgan fingerprint density at radius 1 is 1.21 bits per heavy atom. The molecular formula is C23H27N5O5S. The fourth-order valence-electron chi connectivity index (χ4n) is 3.33. The smallest absolute Gasteiger partial charge is 0.273 e. The van der Waals surface area contributed by atoms with Gasteiger partial charge in [0, 0.05) is 6.54 Å². The van der Waals surface area contributed by atoms with Crippen molar-refractivity contribution in [3.8, 4) is 5.75 Å². The lowest BCUT2D eigenvalue weighted by atomic mass is 10.1. The number of amides is 3. The molecule has 3 amide bonds. The Bertz CT molecular complexity index is 1160. The number of nitrogen functional groups attached to an aromatic ring is 1. The zero-order chi connectivity index (χ0) is 24.8. The number of furan rings is 1. The minimum atomic E-state index is -1.19. The molecule has 0 spiro atoms. The topological polar surface area (TPSA) is 154 Å². The first-order valence-corrected chi connectivity index (χ1v) is 11.4. The fraction of sp³-hybridized carbons (Fsp3) is 0.304. The fourth-order valence-corrected chi connectivity index (χ4v) is 4.08. The van der Waals surface area contributed by atoms with Gasteiger partial charge in [0.1, 0.15) is 16.4 Å². The summed E-state index contributed by atoms with van der Waals surface area (Å²) in [6.07, 6.45) is 2.17. The third-order valence-electron chi connectivity index (χ3n) is 5.06. The molecule has 0 unspecified atom stereocenters. The minimum Gasteiger partial charge on any atom is -0.495 e. The Balaban J connectivity index is 2.15. The molecule has 3 rings (SSSR count). The lowest BCUT2D eigenvalue weighted by molar-refractivity contribution is -0.122. The third kappa shape index (κ3) is 5.20. The number of carbonyl (C=O) groups excluding carboxylic acids is 3. The number of primary amides is 1. The maximum atomic E-state index is 13.9. The Kier molecular flexibility index (Phi) is 7.90. The van der Waals surface area contributed by atoms with Crippen LogP contribution in [0.2, 0.25) is 0 Å². The second-order valence-electron chi connectivity index (χ2n) is 7.88. The monoisotopic (exact) mass is 485 g/mol. The van der Waals surface area contributed by atoms with E-state index in [9.17, 15) is 14.4 Å². The predicted octanol–water partition coefficient (Wildman–Crippen LogP) is 2.98. The lowest BCUT2D eigenvalue weighted by Gasteiger charge is -2.30. The van der Waals surface area contributed by atoms with Gasteiger partial charge in [0.25, 0.3) is 17.7 Å². The van der Waals surface area contributed by atoms with Crippen molar-refractivity contribution in [1.82, 2.24) is 9.69 Å². The summed E-state index contributed by atoms with van der Waals surface area (Å²) in [6.45, 7) is 4.50. The van der Waals surface area contributed by atoms with Crippen molar-refractivity contribution in [3.05, 3.63) is 59.0 Å². The van der Waals surface area contributed by atoms with Crippen LogP contribution in [0.5, 0.6) is 5.75 Å². The number of nitrogens with one attached hydrogen (secondary N) is 1. The van der Waals surface area contributed by atoms with E-state index in [1.54, 1.807) is 36.4 Å². The molecule has 0 radical (unpaired) electrons. The van der Waals surface area contributed by atoms with Crippen LogP contribution in [-0.2, 0) is 4.79 Å². The summed E-state index contributed by atoms with van der Waals surface area (Å²) in [6, 6.07) is 8.79. The maximum Gasteiger partial charge on any atom is 0.273 e. The molecule has 5 N–H and O–H groups in total. The molecule has 2 aromatic heterocycles. The van der Waals surface area contributed by atoms with Gasteiger partial charge in [-0.1, -0.05) is 26.0 Å². The summed E-state index contributed by atoms with van der Waals surface area (Å²) in [5, 5.41) is 2.88. The van der Waals surface area contributed by atoms with Crippen LogP contribution in [0.25, 0.3) is 0 Å². The molecule has 0 aliphatic rings. The zero-order valence-corrected chi connectivity index (χ0v) is 19.9. The highest BCUT2D eigenvalue weighted by Crippen LogP contribution is 2.38. The van der Waals surface area contributed by atoms with Crippen molar-refractivity contribution >= 4 is 40.6 Å². The van der Waals surface area contributed by atoms with Gasteiger partial charge in [-0.25, -0.2) is 0 Å². The van der Waals surface area contributed by atoms with E-state index in [0.29, 0.717) is 23.9 Å². The molecule has 0 fully saturated rings. The van der Waals surface area contributed by atoms with Crippen LogP contribution in [0, 0.1) is 5.92 Å². The van der Waals surface area contributed by atoms with Gasteiger partial charge in [-0.05, 0) is 48.1 Å². The summed E-state index contributed by atoms with van der Waals surface area (Å²) in [7, 11) is 1.46. The standard InChI is InChI=1S/C23H27N5O5S/c1-13(2)10-11-26-22(30)19(16-9-6-12-33-16)28(14-7-4-5-8-15(14)32-3)23(31)20-17(24)18(21(25)29)27-34-20/h4-9,12-13,19H,10-11,24H2,1-3H3,(H2,25,29)(H,26,30)/t19-/m0/s1. The molecule has 2 heterocycles. The van der Waals surface area contributed by atoms with Crippen molar-refractivity contribution in [2.75, 3.05) is 24.3 Å². The van der Waals surface area contributed by atoms with E-state index in [1.165, 1.54) is 18.3 Å². The molecule has 0 aliphatic heterocycles. The molecule has 10 nitrogen and oxygen atoms in total. The number of ether oxygens (including phenoxy) is 1. The molecule has 0 aliphatic carbocycles. The second kappa shape index (κ2) is 10.8. The van der Waals surface area contributed by atoms with Gasteiger partial charge in [0.2, 0.25) is 0 Å². The quantitative estimate of drug-likeness (QED) is 0.399. The molecule has 180 valence electrons. The van der Waals surface area contributed by atoms with Crippen molar-refractivity contribution in [2.24, 2.45) is 11.7 Å². The highest BCUT2D eigenvalue weighted by molar-refractivity contribution is 7.09. The van der Waals surface area contributed by atoms with Crippen LogP contribution >= 0.6 is 11.5 Å². The Hall–Kier alpha value is -3.86. The number of benzene rings is 1. The van der Waals surface area contributed by atoms with E-state index >= 15 is 0 Å². The first-order chi connectivity index (χ1) is 16.3. The van der Waals surface area contributed by atoms with Crippen LogP contribution in [0.1, 0.15) is 52.2 Å². The largest absolute Gasteiger partial charge is 0.495 e. The molecule has 3 aromatic rings. The number of methoxy groups -OCH3 is 1. The molecule has 0 bridgehead atoms. The van der Waals surface area contributed by atoms with Gasteiger partial charge in [-0.2, -0.15) is 4.37 Å². The van der Waals surface area contributed by atoms with Crippen molar-refractivity contribution < 1.29 is 23.5 Å². The number of hydrogen-bond acceptors (Lipinski definition) is 8. The van der Waals surface area contributed by atoms with Gasteiger partial charge in [-0.3, -0.25) is 19.3 Å². The van der Waals surface area contributed by atoms with E-state index in [1.807, 2.05) is 13.8 Å².